The zero-order valence-electron chi connectivity index (χ0n) is 15.2. The smallest absolute Gasteiger partial charge is 0.283 e. The van der Waals surface area contributed by atoms with Crippen molar-refractivity contribution in [3.8, 4) is 5.69 Å². The van der Waals surface area contributed by atoms with Crippen molar-refractivity contribution in [2.75, 3.05) is 0 Å². The molecule has 5 nitrogen and oxygen atoms in total. The van der Waals surface area contributed by atoms with E-state index < -0.39 is 0 Å². The highest BCUT2D eigenvalue weighted by molar-refractivity contribution is 9.10. The highest BCUT2D eigenvalue weighted by atomic mass is 79.9. The molecule has 0 aliphatic rings. The second-order valence-corrected chi connectivity index (χ2v) is 7.65. The van der Waals surface area contributed by atoms with Crippen LogP contribution in [-0.2, 0) is 7.05 Å². The van der Waals surface area contributed by atoms with Gasteiger partial charge in [0, 0.05) is 28.7 Å². The van der Waals surface area contributed by atoms with Gasteiger partial charge in [-0.25, -0.2) is 14.7 Å². The minimum Gasteiger partial charge on any atom is -0.283 e. The molecule has 0 radical (unpaired) electrons. The van der Waals surface area contributed by atoms with Crippen molar-refractivity contribution in [1.29, 1.82) is 0 Å². The maximum absolute atomic E-state index is 12.9. The minimum atomic E-state index is -0.185. The van der Waals surface area contributed by atoms with Crippen molar-refractivity contribution < 1.29 is 0 Å². The molecule has 0 amide bonds. The summed E-state index contributed by atoms with van der Waals surface area (Å²) >= 11 is 9.78. The number of pyridine rings is 1. The summed E-state index contributed by atoms with van der Waals surface area (Å²) in [5.74, 6) is 0. The molecule has 0 atom stereocenters. The first-order valence-electron chi connectivity index (χ1n) is 8.59. The van der Waals surface area contributed by atoms with Gasteiger partial charge in [-0.2, -0.15) is 0 Å². The Bertz CT molecular complexity index is 1280. The third-order valence-corrected chi connectivity index (χ3v) is 5.41. The Morgan fingerprint density at radius 3 is 2.64 bits per heavy atom. The first-order chi connectivity index (χ1) is 13.5. The molecule has 0 saturated carbocycles. The number of fused-ring (bicyclic) bond motifs is 1. The predicted octanol–water partition coefficient (Wildman–Crippen LogP) is 5.20. The van der Waals surface area contributed by atoms with E-state index in [1.807, 2.05) is 68.6 Å². The zero-order chi connectivity index (χ0) is 19.8. The van der Waals surface area contributed by atoms with Crippen LogP contribution in [0.25, 0.3) is 16.6 Å². The third-order valence-electron chi connectivity index (χ3n) is 4.61. The van der Waals surface area contributed by atoms with Crippen molar-refractivity contribution in [3.63, 3.8) is 0 Å². The van der Waals surface area contributed by atoms with Crippen LogP contribution < -0.4 is 5.56 Å². The number of hydrogen-bond donors (Lipinski definition) is 0. The van der Waals surface area contributed by atoms with Gasteiger partial charge in [0.25, 0.3) is 5.56 Å². The number of nitrogens with zero attached hydrogens (tertiary/aromatic N) is 4. The fourth-order valence-corrected chi connectivity index (χ4v) is 3.64. The first-order valence-corrected chi connectivity index (χ1v) is 9.76. The van der Waals surface area contributed by atoms with E-state index in [0.29, 0.717) is 16.4 Å². The van der Waals surface area contributed by atoms with Crippen LogP contribution in [-0.4, -0.2) is 20.6 Å². The lowest BCUT2D eigenvalue weighted by atomic mass is 10.2. The number of rotatable bonds is 3. The van der Waals surface area contributed by atoms with Gasteiger partial charge in [0.15, 0.2) is 5.69 Å². The van der Waals surface area contributed by atoms with Crippen molar-refractivity contribution >= 4 is 50.3 Å². The molecular formula is C21H16BrClN4O. The number of benzene rings is 2. The summed E-state index contributed by atoms with van der Waals surface area (Å²) in [6.45, 7) is 1.87. The Balaban J connectivity index is 1.80. The largest absolute Gasteiger partial charge is 0.297 e. The minimum absolute atomic E-state index is 0.185. The van der Waals surface area contributed by atoms with E-state index in [9.17, 15) is 4.79 Å². The van der Waals surface area contributed by atoms with E-state index >= 15 is 0 Å². The van der Waals surface area contributed by atoms with Crippen LogP contribution in [0, 0.1) is 6.92 Å². The number of aromatic nitrogens is 3. The molecule has 7 heteroatoms. The molecular weight excluding hydrogens is 440 g/mol. The van der Waals surface area contributed by atoms with Crippen LogP contribution >= 0.6 is 27.5 Å². The SMILES string of the molecule is Cc1c(N=Cc2cc3cc(Br)ccc3nc2Cl)c(=O)n(-c2ccccc2)n1C. The van der Waals surface area contributed by atoms with Crippen molar-refractivity contribution in [1.82, 2.24) is 14.3 Å². The van der Waals surface area contributed by atoms with Crippen LogP contribution in [0.15, 0.2) is 68.9 Å². The van der Waals surface area contributed by atoms with E-state index in [2.05, 4.69) is 25.9 Å². The summed E-state index contributed by atoms with van der Waals surface area (Å²) < 4.78 is 4.35. The normalized spacial score (nSPS) is 11.6. The fraction of sp³-hybridized carbons (Fsp3) is 0.0952. The molecule has 28 heavy (non-hydrogen) atoms. The molecule has 2 aromatic carbocycles. The number of para-hydroxylation sites is 1. The number of halogens is 2. The summed E-state index contributed by atoms with van der Waals surface area (Å²) in [4.78, 5) is 21.8. The second kappa shape index (κ2) is 7.37. The first kappa shape index (κ1) is 18.7. The molecule has 0 aliphatic heterocycles. The fourth-order valence-electron chi connectivity index (χ4n) is 3.07. The average molecular weight is 456 g/mol. The lowest BCUT2D eigenvalue weighted by Crippen LogP contribution is -2.19. The molecule has 0 fully saturated rings. The van der Waals surface area contributed by atoms with Gasteiger partial charge in [-0.05, 0) is 43.3 Å². The zero-order valence-corrected chi connectivity index (χ0v) is 17.6. The van der Waals surface area contributed by atoms with Crippen LogP contribution in [0.2, 0.25) is 5.15 Å². The molecule has 0 aliphatic carbocycles. The van der Waals surface area contributed by atoms with E-state index in [1.165, 1.54) is 0 Å². The van der Waals surface area contributed by atoms with Gasteiger partial charge >= 0.3 is 0 Å². The molecule has 0 saturated heterocycles. The summed E-state index contributed by atoms with van der Waals surface area (Å²) in [7, 11) is 1.84. The molecule has 4 rings (SSSR count). The summed E-state index contributed by atoms with van der Waals surface area (Å²) in [5.41, 5.74) is 3.19. The van der Waals surface area contributed by atoms with Gasteiger partial charge in [-0.15, -0.1) is 0 Å². The van der Waals surface area contributed by atoms with Crippen molar-refractivity contribution in [2.45, 2.75) is 6.92 Å². The maximum Gasteiger partial charge on any atom is 0.297 e. The highest BCUT2D eigenvalue weighted by Crippen LogP contribution is 2.24. The monoisotopic (exact) mass is 454 g/mol. The van der Waals surface area contributed by atoms with Gasteiger partial charge in [-0.1, -0.05) is 45.7 Å². The van der Waals surface area contributed by atoms with Gasteiger partial charge < -0.3 is 0 Å². The molecule has 0 bridgehead atoms. The average Bonchev–Trinajstić information content (AvgIpc) is 2.90. The van der Waals surface area contributed by atoms with Crippen LogP contribution in [0.1, 0.15) is 11.3 Å². The molecule has 0 unspecified atom stereocenters. The predicted molar refractivity (Wildman–Crippen MR) is 117 cm³/mol. The quantitative estimate of drug-likeness (QED) is 0.315. The summed E-state index contributed by atoms with van der Waals surface area (Å²) in [6.07, 6.45) is 1.59. The van der Waals surface area contributed by atoms with Crippen LogP contribution in [0.3, 0.4) is 0 Å². The van der Waals surface area contributed by atoms with Gasteiger partial charge in [0.2, 0.25) is 0 Å². The molecule has 140 valence electrons. The Kier molecular flexibility index (Phi) is 4.91. The van der Waals surface area contributed by atoms with E-state index in [-0.39, 0.29) is 5.56 Å². The Hall–Kier alpha value is -2.70. The Labute approximate surface area is 175 Å². The summed E-state index contributed by atoms with van der Waals surface area (Å²) in [5, 5.41) is 1.28. The van der Waals surface area contributed by atoms with Gasteiger partial charge in [0.1, 0.15) is 5.15 Å². The van der Waals surface area contributed by atoms with Gasteiger partial charge in [0.05, 0.1) is 16.9 Å². The topological polar surface area (TPSA) is 52.2 Å². The second-order valence-electron chi connectivity index (χ2n) is 6.37. The van der Waals surface area contributed by atoms with E-state index in [1.54, 1.807) is 15.6 Å². The lowest BCUT2D eigenvalue weighted by Gasteiger charge is -2.07. The van der Waals surface area contributed by atoms with Crippen molar-refractivity contribution in [3.05, 3.63) is 85.8 Å². The maximum atomic E-state index is 12.9. The lowest BCUT2D eigenvalue weighted by molar-refractivity contribution is 0.630. The molecule has 0 spiro atoms. The Morgan fingerprint density at radius 2 is 1.89 bits per heavy atom. The number of aliphatic imine (C=N–C) groups is 1. The molecule has 4 aromatic rings. The van der Waals surface area contributed by atoms with Crippen LogP contribution in [0.5, 0.6) is 0 Å². The molecule has 0 N–H and O–H groups in total. The van der Waals surface area contributed by atoms with Crippen LogP contribution in [0.4, 0.5) is 5.69 Å². The Morgan fingerprint density at radius 1 is 1.14 bits per heavy atom. The molecule has 2 heterocycles. The van der Waals surface area contributed by atoms with E-state index in [0.717, 1.165) is 26.8 Å². The summed E-state index contributed by atoms with van der Waals surface area (Å²) in [6, 6.07) is 17.2. The number of hydrogen-bond acceptors (Lipinski definition) is 3. The highest BCUT2D eigenvalue weighted by Gasteiger charge is 2.15. The van der Waals surface area contributed by atoms with E-state index in [4.69, 9.17) is 11.6 Å². The molecule has 2 aromatic heterocycles. The van der Waals surface area contributed by atoms with Gasteiger partial charge in [-0.3, -0.25) is 9.48 Å². The standard InChI is InChI=1S/C21H16BrClN4O/c1-13-19(21(28)27(26(13)2)17-6-4-3-5-7-17)24-12-15-10-14-11-16(22)8-9-18(14)25-20(15)23/h3-12H,1-2H3. The third kappa shape index (κ3) is 3.30. The van der Waals surface area contributed by atoms with Crippen molar-refractivity contribution in [2.24, 2.45) is 12.0 Å².